The smallest absolute Gasteiger partial charge is 0.314 e. The van der Waals surface area contributed by atoms with Gasteiger partial charge in [0.25, 0.3) is 0 Å². The summed E-state index contributed by atoms with van der Waals surface area (Å²) in [6.07, 6.45) is -0.481. The molecule has 2 N–H and O–H groups in total. The number of carbonyl (C=O) groups is 3. The van der Waals surface area contributed by atoms with Gasteiger partial charge in [-0.1, -0.05) is 30.3 Å². The van der Waals surface area contributed by atoms with Crippen LogP contribution in [-0.4, -0.2) is 27.9 Å². The van der Waals surface area contributed by atoms with Gasteiger partial charge in [0, 0.05) is 12.8 Å². The number of aliphatic carboxylic acids is 2. The molecular formula is C13H14O5. The van der Waals surface area contributed by atoms with Gasteiger partial charge in [-0.3, -0.25) is 14.4 Å². The molecule has 0 amide bonds. The molecule has 0 heterocycles. The maximum atomic E-state index is 11.8. The Bertz CT molecular complexity index is 438. The third kappa shape index (κ3) is 4.37. The Morgan fingerprint density at radius 1 is 1.06 bits per heavy atom. The molecule has 0 saturated carbocycles. The second-order valence-corrected chi connectivity index (χ2v) is 3.95. The van der Waals surface area contributed by atoms with E-state index in [0.29, 0.717) is 0 Å². The Kier molecular flexibility index (Phi) is 5.05. The van der Waals surface area contributed by atoms with Crippen molar-refractivity contribution >= 4 is 17.7 Å². The molecule has 0 aliphatic heterocycles. The number of carbonyl (C=O) groups excluding carboxylic acids is 1. The lowest BCUT2D eigenvalue weighted by Crippen LogP contribution is -2.26. The summed E-state index contributed by atoms with van der Waals surface area (Å²) in [4.78, 5) is 33.1. The Morgan fingerprint density at radius 3 is 2.17 bits per heavy atom. The minimum Gasteiger partial charge on any atom is -0.481 e. The predicted molar refractivity (Wildman–Crippen MR) is 63.1 cm³/mol. The summed E-state index contributed by atoms with van der Waals surface area (Å²) in [6.45, 7) is 0. The van der Waals surface area contributed by atoms with E-state index in [0.717, 1.165) is 5.56 Å². The van der Waals surface area contributed by atoms with Gasteiger partial charge in [-0.25, -0.2) is 0 Å². The van der Waals surface area contributed by atoms with Crippen LogP contribution >= 0.6 is 0 Å². The van der Waals surface area contributed by atoms with Gasteiger partial charge in [0.1, 0.15) is 5.92 Å². The van der Waals surface area contributed by atoms with Crippen LogP contribution in [0.2, 0.25) is 0 Å². The molecule has 0 aliphatic carbocycles. The van der Waals surface area contributed by atoms with Crippen LogP contribution in [0.1, 0.15) is 18.4 Å². The maximum Gasteiger partial charge on any atom is 0.314 e. The van der Waals surface area contributed by atoms with Crippen molar-refractivity contribution in [1.29, 1.82) is 0 Å². The Morgan fingerprint density at radius 2 is 1.67 bits per heavy atom. The van der Waals surface area contributed by atoms with Crippen molar-refractivity contribution in [2.75, 3.05) is 0 Å². The van der Waals surface area contributed by atoms with E-state index < -0.39 is 23.6 Å². The van der Waals surface area contributed by atoms with Crippen molar-refractivity contribution < 1.29 is 24.6 Å². The van der Waals surface area contributed by atoms with Gasteiger partial charge in [0.2, 0.25) is 0 Å². The lowest BCUT2D eigenvalue weighted by molar-refractivity contribution is -0.146. The van der Waals surface area contributed by atoms with E-state index in [1.807, 2.05) is 0 Å². The minimum absolute atomic E-state index is 0.0113. The highest BCUT2D eigenvalue weighted by Gasteiger charge is 2.26. The molecule has 0 fully saturated rings. The van der Waals surface area contributed by atoms with Gasteiger partial charge in [0.05, 0.1) is 0 Å². The summed E-state index contributed by atoms with van der Waals surface area (Å²) in [5.74, 6) is -4.08. The molecule has 1 unspecified atom stereocenters. The number of Topliss-reactive ketones (excluding diaryl/α,β-unsaturated/α-hetero) is 1. The van der Waals surface area contributed by atoms with Crippen LogP contribution in [0.15, 0.2) is 30.3 Å². The number of carboxylic acid groups (broad SMARTS) is 2. The minimum atomic E-state index is -1.27. The van der Waals surface area contributed by atoms with Gasteiger partial charge >= 0.3 is 11.9 Å². The van der Waals surface area contributed by atoms with Crippen molar-refractivity contribution in [3.8, 4) is 0 Å². The number of hydrogen-bond donors (Lipinski definition) is 2. The van der Waals surface area contributed by atoms with Crippen LogP contribution in [0.25, 0.3) is 0 Å². The van der Waals surface area contributed by atoms with Gasteiger partial charge in [-0.2, -0.15) is 0 Å². The number of hydrogen-bond acceptors (Lipinski definition) is 3. The van der Waals surface area contributed by atoms with Gasteiger partial charge < -0.3 is 10.2 Å². The summed E-state index contributed by atoms with van der Waals surface area (Å²) in [6, 6.07) is 8.78. The average molecular weight is 250 g/mol. The molecule has 0 aliphatic rings. The highest BCUT2D eigenvalue weighted by Crippen LogP contribution is 2.12. The second-order valence-electron chi connectivity index (χ2n) is 3.95. The van der Waals surface area contributed by atoms with E-state index in [4.69, 9.17) is 10.2 Å². The third-order valence-corrected chi connectivity index (χ3v) is 2.55. The molecule has 1 aromatic rings. The molecule has 0 aromatic heterocycles. The zero-order chi connectivity index (χ0) is 13.5. The van der Waals surface area contributed by atoms with Crippen molar-refractivity contribution in [3.05, 3.63) is 35.9 Å². The van der Waals surface area contributed by atoms with Gasteiger partial charge in [0.15, 0.2) is 5.78 Å². The lowest BCUT2D eigenvalue weighted by atomic mass is 9.94. The quantitative estimate of drug-likeness (QED) is 0.713. The average Bonchev–Trinajstić information content (AvgIpc) is 2.29. The van der Waals surface area contributed by atoms with E-state index in [9.17, 15) is 14.4 Å². The predicted octanol–water partition coefficient (Wildman–Crippen LogP) is 1.36. The van der Waals surface area contributed by atoms with Crippen molar-refractivity contribution in [2.45, 2.75) is 19.3 Å². The lowest BCUT2D eigenvalue weighted by Gasteiger charge is -2.09. The molecule has 5 heteroatoms. The molecule has 18 heavy (non-hydrogen) atoms. The zero-order valence-corrected chi connectivity index (χ0v) is 9.70. The number of benzene rings is 1. The van der Waals surface area contributed by atoms with E-state index >= 15 is 0 Å². The molecule has 1 rings (SSSR count). The van der Waals surface area contributed by atoms with E-state index in [2.05, 4.69) is 0 Å². The van der Waals surface area contributed by atoms with Crippen LogP contribution < -0.4 is 0 Å². The molecule has 96 valence electrons. The Hall–Kier alpha value is -2.17. The molecule has 0 saturated heterocycles. The van der Waals surface area contributed by atoms with Crippen LogP contribution in [-0.2, 0) is 20.8 Å². The normalized spacial score (nSPS) is 11.8. The third-order valence-electron chi connectivity index (χ3n) is 2.55. The Balaban J connectivity index is 2.65. The van der Waals surface area contributed by atoms with Crippen LogP contribution in [0.4, 0.5) is 0 Å². The number of carboxylic acids is 2. The van der Waals surface area contributed by atoms with Crippen molar-refractivity contribution in [2.24, 2.45) is 5.92 Å². The fraction of sp³-hybridized carbons (Fsp3) is 0.308. The van der Waals surface area contributed by atoms with Crippen LogP contribution in [0.3, 0.4) is 0 Å². The highest BCUT2D eigenvalue weighted by atomic mass is 16.4. The first kappa shape index (κ1) is 13.9. The van der Waals surface area contributed by atoms with Gasteiger partial charge in [-0.05, 0) is 12.0 Å². The molecule has 1 aromatic carbocycles. The molecule has 0 radical (unpaired) electrons. The molecule has 5 nitrogen and oxygen atoms in total. The summed E-state index contributed by atoms with van der Waals surface area (Å²) in [5.41, 5.74) is 0.726. The van der Waals surface area contributed by atoms with E-state index in [-0.39, 0.29) is 19.3 Å². The standard InChI is InChI=1S/C13H14O5/c14-11(8-9-4-2-1-3-5-9)10(13(17)18)6-7-12(15)16/h1-5,10H,6-8H2,(H,15,16)(H,17,18). The van der Waals surface area contributed by atoms with Crippen LogP contribution in [0, 0.1) is 5.92 Å². The fourth-order valence-electron chi connectivity index (χ4n) is 1.61. The molecule has 0 spiro atoms. The Labute approximate surface area is 104 Å². The van der Waals surface area contributed by atoms with Crippen molar-refractivity contribution in [3.63, 3.8) is 0 Å². The highest BCUT2D eigenvalue weighted by molar-refractivity contribution is 5.99. The summed E-state index contributed by atoms with van der Waals surface area (Å²) >= 11 is 0. The SMILES string of the molecule is O=C(O)CCC(C(=O)O)C(=O)Cc1ccccc1. The first-order chi connectivity index (χ1) is 8.50. The number of rotatable bonds is 7. The molecule has 0 bridgehead atoms. The van der Waals surface area contributed by atoms with E-state index in [1.165, 1.54) is 0 Å². The molecular weight excluding hydrogens is 236 g/mol. The van der Waals surface area contributed by atoms with Gasteiger partial charge in [-0.15, -0.1) is 0 Å². The first-order valence-electron chi connectivity index (χ1n) is 5.52. The monoisotopic (exact) mass is 250 g/mol. The largest absolute Gasteiger partial charge is 0.481 e. The van der Waals surface area contributed by atoms with Crippen molar-refractivity contribution in [1.82, 2.24) is 0 Å². The summed E-state index contributed by atoms with van der Waals surface area (Å²) in [5, 5.41) is 17.4. The number of ketones is 1. The second kappa shape index (κ2) is 6.54. The first-order valence-corrected chi connectivity index (χ1v) is 5.52. The summed E-state index contributed by atoms with van der Waals surface area (Å²) < 4.78 is 0. The molecule has 1 atom stereocenters. The topological polar surface area (TPSA) is 91.7 Å². The van der Waals surface area contributed by atoms with E-state index in [1.54, 1.807) is 30.3 Å². The summed E-state index contributed by atoms with van der Waals surface area (Å²) in [7, 11) is 0. The van der Waals surface area contributed by atoms with Crippen LogP contribution in [0.5, 0.6) is 0 Å². The fourth-order valence-corrected chi connectivity index (χ4v) is 1.61. The maximum absolute atomic E-state index is 11.8. The zero-order valence-electron chi connectivity index (χ0n) is 9.70.